The van der Waals surface area contributed by atoms with Gasteiger partial charge < -0.3 is 19.5 Å². The zero-order chi connectivity index (χ0) is 24.1. The number of ether oxygens (including phenoxy) is 1. The van der Waals surface area contributed by atoms with E-state index >= 15 is 0 Å². The quantitative estimate of drug-likeness (QED) is 0.682. The molecule has 176 valence electrons. The second-order valence-electron chi connectivity index (χ2n) is 11.0. The number of hydrogen-bond acceptors (Lipinski definition) is 6. The van der Waals surface area contributed by atoms with Crippen LogP contribution in [0.25, 0.3) is 0 Å². The molecule has 6 heteroatoms. The molecule has 0 N–H and O–H groups in total. The van der Waals surface area contributed by atoms with E-state index in [0.717, 1.165) is 22.7 Å². The number of allylic oxidation sites excluding steroid dienone is 4. The fourth-order valence-corrected chi connectivity index (χ4v) is 5.62. The number of carboxylic acid groups (broad SMARTS) is 1. The Balaban J connectivity index is 1.95. The van der Waals surface area contributed by atoms with Crippen molar-refractivity contribution in [3.63, 3.8) is 0 Å². The molecular weight excluding hydrogens is 418 g/mol. The van der Waals surface area contributed by atoms with Crippen molar-refractivity contribution in [2.45, 2.75) is 66.2 Å². The maximum absolute atomic E-state index is 13.5. The van der Waals surface area contributed by atoms with E-state index in [9.17, 15) is 19.5 Å². The van der Waals surface area contributed by atoms with Crippen LogP contribution in [0.1, 0.15) is 71.8 Å². The van der Waals surface area contributed by atoms with Crippen LogP contribution in [-0.2, 0) is 14.4 Å². The summed E-state index contributed by atoms with van der Waals surface area (Å²) in [7, 11) is 0. The minimum atomic E-state index is -1.22. The zero-order valence-electron chi connectivity index (χ0n) is 20.1. The fraction of sp³-hybridized carbons (Fsp3) is 0.519. The Morgan fingerprint density at radius 2 is 1.42 bits per heavy atom. The summed E-state index contributed by atoms with van der Waals surface area (Å²) < 4.78 is 5.58. The molecule has 0 atom stereocenters. The number of hydrogen-bond donors (Lipinski definition) is 0. The van der Waals surface area contributed by atoms with Gasteiger partial charge in [0, 0.05) is 41.3 Å². The number of nitrogens with zero attached hydrogens (tertiary/aromatic N) is 1. The Labute approximate surface area is 195 Å². The van der Waals surface area contributed by atoms with Crippen LogP contribution in [0, 0.1) is 10.8 Å². The first kappa shape index (κ1) is 23.3. The Kier molecular flexibility index (Phi) is 5.75. The van der Waals surface area contributed by atoms with Gasteiger partial charge in [-0.15, -0.1) is 0 Å². The van der Waals surface area contributed by atoms with Crippen molar-refractivity contribution in [2.24, 2.45) is 10.8 Å². The van der Waals surface area contributed by atoms with Crippen molar-refractivity contribution in [3.05, 3.63) is 52.4 Å². The van der Waals surface area contributed by atoms with E-state index in [1.54, 1.807) is 4.90 Å². The third-order valence-corrected chi connectivity index (χ3v) is 6.83. The van der Waals surface area contributed by atoms with Gasteiger partial charge in [0.15, 0.2) is 11.6 Å². The van der Waals surface area contributed by atoms with Gasteiger partial charge in [-0.1, -0.05) is 39.8 Å². The van der Waals surface area contributed by atoms with Gasteiger partial charge >= 0.3 is 0 Å². The number of carboxylic acids is 1. The van der Waals surface area contributed by atoms with E-state index in [1.165, 1.54) is 0 Å². The first-order chi connectivity index (χ1) is 15.4. The molecule has 0 saturated carbocycles. The van der Waals surface area contributed by atoms with E-state index in [-0.39, 0.29) is 28.9 Å². The largest absolute Gasteiger partial charge is 0.548 e. The van der Waals surface area contributed by atoms with Gasteiger partial charge in [-0.05, 0) is 48.3 Å². The summed E-state index contributed by atoms with van der Waals surface area (Å²) in [6, 6.07) is 7.56. The minimum Gasteiger partial charge on any atom is -0.548 e. The highest BCUT2D eigenvalue weighted by molar-refractivity contribution is 6.07. The number of benzene rings is 1. The lowest BCUT2D eigenvalue weighted by Crippen LogP contribution is -2.47. The van der Waals surface area contributed by atoms with Gasteiger partial charge in [0.2, 0.25) is 0 Å². The molecule has 0 amide bonds. The second-order valence-corrected chi connectivity index (χ2v) is 11.0. The molecule has 1 aromatic rings. The molecule has 1 aromatic carbocycles. The second kappa shape index (κ2) is 8.15. The molecule has 33 heavy (non-hydrogen) atoms. The highest BCUT2D eigenvalue weighted by Crippen LogP contribution is 2.54. The standard InChI is InChI=1S/C27H33NO5/c1-6-33-17-9-7-16(8-10-17)23-24-18(11-26(2,3)13-20(24)29)28(15-22(31)32)19-12-27(4,5)14-21(30)25(19)23/h7-10,23H,6,11-15H2,1-5H3,(H,31,32)/p-1. The molecule has 1 aliphatic heterocycles. The van der Waals surface area contributed by atoms with Gasteiger partial charge in [-0.25, -0.2) is 0 Å². The topological polar surface area (TPSA) is 86.7 Å². The van der Waals surface area contributed by atoms with E-state index < -0.39 is 11.9 Å². The Morgan fingerprint density at radius 3 is 1.85 bits per heavy atom. The number of carbonyl (C=O) groups excluding carboxylic acids is 3. The maximum Gasteiger partial charge on any atom is 0.162 e. The molecule has 0 aromatic heterocycles. The average molecular weight is 451 g/mol. The smallest absolute Gasteiger partial charge is 0.162 e. The molecule has 1 heterocycles. The summed E-state index contributed by atoms with van der Waals surface area (Å²) in [5, 5.41) is 11.8. The Hall–Kier alpha value is -2.89. The van der Waals surface area contributed by atoms with Crippen LogP contribution in [0.5, 0.6) is 5.75 Å². The predicted octanol–water partition coefficient (Wildman–Crippen LogP) is 3.52. The summed E-state index contributed by atoms with van der Waals surface area (Å²) in [5.41, 5.74) is 2.84. The molecule has 0 unspecified atom stereocenters. The van der Waals surface area contributed by atoms with Crippen molar-refractivity contribution in [2.75, 3.05) is 13.2 Å². The minimum absolute atomic E-state index is 0.0207. The number of ketones is 2. The highest BCUT2D eigenvalue weighted by Gasteiger charge is 2.48. The van der Waals surface area contributed by atoms with Crippen molar-refractivity contribution in [1.82, 2.24) is 4.90 Å². The summed E-state index contributed by atoms with van der Waals surface area (Å²) in [4.78, 5) is 40.5. The van der Waals surface area contributed by atoms with Crippen LogP contribution in [0.4, 0.5) is 0 Å². The number of rotatable bonds is 5. The average Bonchev–Trinajstić information content (AvgIpc) is 2.68. The van der Waals surface area contributed by atoms with Crippen molar-refractivity contribution in [3.8, 4) is 5.75 Å². The van der Waals surface area contributed by atoms with E-state index in [0.29, 0.717) is 43.4 Å². The zero-order valence-corrected chi connectivity index (χ0v) is 20.1. The van der Waals surface area contributed by atoms with Crippen molar-refractivity contribution >= 4 is 17.5 Å². The first-order valence-corrected chi connectivity index (χ1v) is 11.6. The van der Waals surface area contributed by atoms with Crippen LogP contribution in [-0.4, -0.2) is 35.6 Å². The van der Waals surface area contributed by atoms with E-state index in [4.69, 9.17) is 4.74 Å². The lowest BCUT2D eigenvalue weighted by atomic mass is 9.63. The Morgan fingerprint density at radius 1 is 0.939 bits per heavy atom. The summed E-state index contributed by atoms with van der Waals surface area (Å²) in [6.45, 7) is 10.2. The van der Waals surface area contributed by atoms with Gasteiger partial charge in [0.1, 0.15) is 5.75 Å². The van der Waals surface area contributed by atoms with Gasteiger partial charge in [0.25, 0.3) is 0 Å². The predicted molar refractivity (Wildman–Crippen MR) is 122 cm³/mol. The van der Waals surface area contributed by atoms with E-state index in [1.807, 2.05) is 58.9 Å². The van der Waals surface area contributed by atoms with Crippen LogP contribution >= 0.6 is 0 Å². The van der Waals surface area contributed by atoms with Gasteiger partial charge in [-0.3, -0.25) is 9.59 Å². The lowest BCUT2D eigenvalue weighted by molar-refractivity contribution is -0.305. The molecular formula is C27H32NO5-. The first-order valence-electron chi connectivity index (χ1n) is 11.6. The summed E-state index contributed by atoms with van der Waals surface area (Å²) in [5.74, 6) is -1.03. The molecule has 0 fully saturated rings. The lowest BCUT2D eigenvalue weighted by Gasteiger charge is -2.49. The molecule has 6 nitrogen and oxygen atoms in total. The third-order valence-electron chi connectivity index (χ3n) is 6.83. The number of Topliss-reactive ketones (excluding diaryl/α,β-unsaturated/α-hetero) is 2. The number of carbonyl (C=O) groups is 3. The molecule has 0 radical (unpaired) electrons. The van der Waals surface area contributed by atoms with Crippen molar-refractivity contribution in [1.29, 1.82) is 0 Å². The summed E-state index contributed by atoms with van der Waals surface area (Å²) >= 11 is 0. The molecule has 0 spiro atoms. The molecule has 0 bridgehead atoms. The molecule has 4 rings (SSSR count). The fourth-order valence-electron chi connectivity index (χ4n) is 5.62. The summed E-state index contributed by atoms with van der Waals surface area (Å²) in [6.07, 6.45) is 1.86. The van der Waals surface area contributed by atoms with Gasteiger partial charge in [0.05, 0.1) is 19.1 Å². The molecule has 0 saturated heterocycles. The molecule has 3 aliphatic rings. The van der Waals surface area contributed by atoms with Crippen LogP contribution in [0.3, 0.4) is 0 Å². The SMILES string of the molecule is CCOc1ccc(C2C3=C(CC(C)(C)CC3=O)N(CC(=O)[O-])C3=C2C(=O)CC(C)(C)C3)cc1. The third kappa shape index (κ3) is 4.35. The van der Waals surface area contributed by atoms with Crippen LogP contribution in [0.2, 0.25) is 0 Å². The van der Waals surface area contributed by atoms with Crippen LogP contribution in [0.15, 0.2) is 46.8 Å². The Bertz CT molecular complexity index is 1020. The molecule has 2 aliphatic carbocycles. The normalized spacial score (nSPS) is 22.3. The monoisotopic (exact) mass is 450 g/mol. The van der Waals surface area contributed by atoms with Gasteiger partial charge in [-0.2, -0.15) is 0 Å². The van der Waals surface area contributed by atoms with Crippen LogP contribution < -0.4 is 9.84 Å². The highest BCUT2D eigenvalue weighted by atomic mass is 16.5. The maximum atomic E-state index is 13.5. The van der Waals surface area contributed by atoms with Crippen molar-refractivity contribution < 1.29 is 24.2 Å². The van der Waals surface area contributed by atoms with E-state index in [2.05, 4.69) is 0 Å². The number of aliphatic carboxylic acids is 1.